The molecule has 22 heavy (non-hydrogen) atoms. The van der Waals surface area contributed by atoms with Gasteiger partial charge in [-0.2, -0.15) is 0 Å². The number of piperidine rings is 1. The highest BCUT2D eigenvalue weighted by atomic mass is 16.3. The molecule has 0 aromatic rings. The van der Waals surface area contributed by atoms with Crippen LogP contribution in [0.2, 0.25) is 0 Å². The van der Waals surface area contributed by atoms with E-state index in [4.69, 9.17) is 0 Å². The highest BCUT2D eigenvalue weighted by Crippen LogP contribution is 2.18. The zero-order chi connectivity index (χ0) is 15.8. The van der Waals surface area contributed by atoms with Crippen LogP contribution >= 0.6 is 0 Å². The Morgan fingerprint density at radius 3 is 2.45 bits per heavy atom. The molecule has 0 unspecified atom stereocenters. The first-order valence-corrected chi connectivity index (χ1v) is 9.08. The normalized spacial score (nSPS) is 27.5. The SMILES string of the molecule is CC1CCN(CCCCNC(=O)NC2CCC(O)CC2)CC1. The number of likely N-dealkylation sites (tertiary alicyclic amines) is 1. The summed E-state index contributed by atoms with van der Waals surface area (Å²) in [6, 6.07) is 0.187. The smallest absolute Gasteiger partial charge is 0.315 e. The van der Waals surface area contributed by atoms with Crippen molar-refractivity contribution in [2.75, 3.05) is 26.2 Å². The van der Waals surface area contributed by atoms with Gasteiger partial charge < -0.3 is 20.6 Å². The number of nitrogens with zero attached hydrogens (tertiary/aromatic N) is 1. The molecule has 2 rings (SSSR count). The molecule has 3 N–H and O–H groups in total. The maximum atomic E-state index is 11.8. The van der Waals surface area contributed by atoms with Gasteiger partial charge in [-0.15, -0.1) is 0 Å². The third-order valence-electron chi connectivity index (χ3n) is 5.09. The number of amides is 2. The summed E-state index contributed by atoms with van der Waals surface area (Å²) in [4.78, 5) is 14.3. The highest BCUT2D eigenvalue weighted by molar-refractivity contribution is 5.74. The van der Waals surface area contributed by atoms with Gasteiger partial charge in [-0.3, -0.25) is 0 Å². The van der Waals surface area contributed by atoms with E-state index < -0.39 is 0 Å². The van der Waals surface area contributed by atoms with Gasteiger partial charge >= 0.3 is 6.03 Å². The molecule has 1 heterocycles. The second kappa shape index (κ2) is 9.36. The molecule has 1 aliphatic carbocycles. The molecule has 0 aromatic carbocycles. The van der Waals surface area contributed by atoms with E-state index >= 15 is 0 Å². The Balaban J connectivity index is 1.45. The van der Waals surface area contributed by atoms with E-state index in [1.54, 1.807) is 0 Å². The van der Waals surface area contributed by atoms with Gasteiger partial charge in [0.1, 0.15) is 0 Å². The molecule has 1 aliphatic heterocycles. The van der Waals surface area contributed by atoms with Crippen molar-refractivity contribution >= 4 is 6.03 Å². The number of hydrogen-bond acceptors (Lipinski definition) is 3. The van der Waals surface area contributed by atoms with Gasteiger partial charge in [0.2, 0.25) is 0 Å². The minimum Gasteiger partial charge on any atom is -0.393 e. The van der Waals surface area contributed by atoms with Crippen molar-refractivity contribution in [3.05, 3.63) is 0 Å². The number of nitrogens with one attached hydrogen (secondary N) is 2. The van der Waals surface area contributed by atoms with E-state index in [2.05, 4.69) is 22.5 Å². The van der Waals surface area contributed by atoms with E-state index in [0.717, 1.165) is 57.5 Å². The number of aliphatic hydroxyl groups excluding tert-OH is 1. The summed E-state index contributed by atoms with van der Waals surface area (Å²) in [6.45, 7) is 6.74. The largest absolute Gasteiger partial charge is 0.393 e. The molecule has 2 aliphatic rings. The Morgan fingerprint density at radius 1 is 1.09 bits per heavy atom. The molecule has 0 spiro atoms. The zero-order valence-corrected chi connectivity index (χ0v) is 14.0. The average Bonchev–Trinajstić information content (AvgIpc) is 2.51. The van der Waals surface area contributed by atoms with Gasteiger partial charge in [-0.25, -0.2) is 4.79 Å². The lowest BCUT2D eigenvalue weighted by Gasteiger charge is -2.30. The molecule has 1 saturated heterocycles. The monoisotopic (exact) mass is 311 g/mol. The van der Waals surface area contributed by atoms with Gasteiger partial charge in [0.25, 0.3) is 0 Å². The molecule has 0 aromatic heterocycles. The Bertz CT molecular complexity index is 322. The molecule has 0 atom stereocenters. The zero-order valence-electron chi connectivity index (χ0n) is 14.0. The van der Waals surface area contributed by atoms with E-state index in [9.17, 15) is 9.90 Å². The Kier molecular flexibility index (Phi) is 7.46. The van der Waals surface area contributed by atoms with Gasteiger partial charge in [0, 0.05) is 12.6 Å². The maximum Gasteiger partial charge on any atom is 0.315 e. The van der Waals surface area contributed by atoms with Crippen LogP contribution in [0.3, 0.4) is 0 Å². The quantitative estimate of drug-likeness (QED) is 0.658. The molecule has 0 radical (unpaired) electrons. The van der Waals surface area contributed by atoms with Crippen LogP contribution in [0.5, 0.6) is 0 Å². The highest BCUT2D eigenvalue weighted by Gasteiger charge is 2.20. The van der Waals surface area contributed by atoms with Crippen LogP contribution in [0.1, 0.15) is 58.3 Å². The van der Waals surface area contributed by atoms with E-state index in [0.29, 0.717) is 0 Å². The number of unbranched alkanes of at least 4 members (excludes halogenated alkanes) is 1. The first-order chi connectivity index (χ1) is 10.6. The summed E-state index contributed by atoms with van der Waals surface area (Å²) < 4.78 is 0. The fourth-order valence-corrected chi connectivity index (χ4v) is 3.40. The predicted molar refractivity (Wildman–Crippen MR) is 88.9 cm³/mol. The van der Waals surface area contributed by atoms with Crippen molar-refractivity contribution in [3.63, 3.8) is 0 Å². The van der Waals surface area contributed by atoms with Crippen molar-refractivity contribution in [2.24, 2.45) is 5.92 Å². The maximum absolute atomic E-state index is 11.8. The summed E-state index contributed by atoms with van der Waals surface area (Å²) in [7, 11) is 0. The second-order valence-corrected chi connectivity index (χ2v) is 7.14. The number of urea groups is 1. The standard InChI is InChI=1S/C17H33N3O2/c1-14-8-12-20(13-9-14)11-3-2-10-18-17(22)19-15-4-6-16(21)7-5-15/h14-16,21H,2-13H2,1H3,(H2,18,19,22). The van der Waals surface area contributed by atoms with Crippen LogP contribution < -0.4 is 10.6 Å². The minimum absolute atomic E-state index is 0.0480. The molecule has 5 nitrogen and oxygen atoms in total. The van der Waals surface area contributed by atoms with Gasteiger partial charge in [-0.05, 0) is 76.9 Å². The lowest BCUT2D eigenvalue weighted by molar-refractivity contribution is 0.117. The van der Waals surface area contributed by atoms with Crippen LogP contribution in [0.4, 0.5) is 4.79 Å². The lowest BCUT2D eigenvalue weighted by Crippen LogP contribution is -2.44. The summed E-state index contributed by atoms with van der Waals surface area (Å²) in [6.07, 6.45) is 8.09. The van der Waals surface area contributed by atoms with Gasteiger partial charge in [-0.1, -0.05) is 6.92 Å². The first-order valence-electron chi connectivity index (χ1n) is 9.08. The summed E-state index contributed by atoms with van der Waals surface area (Å²) >= 11 is 0. The van der Waals surface area contributed by atoms with Crippen LogP contribution in [-0.2, 0) is 0 Å². The van der Waals surface area contributed by atoms with Crippen molar-refractivity contribution in [1.29, 1.82) is 0 Å². The first kappa shape index (κ1) is 17.5. The molecule has 5 heteroatoms. The lowest BCUT2D eigenvalue weighted by atomic mass is 9.93. The van der Waals surface area contributed by atoms with E-state index in [-0.39, 0.29) is 18.2 Å². The summed E-state index contributed by atoms with van der Waals surface area (Å²) in [5, 5.41) is 15.4. The van der Waals surface area contributed by atoms with E-state index in [1.807, 2.05) is 0 Å². The topological polar surface area (TPSA) is 64.6 Å². The summed E-state index contributed by atoms with van der Waals surface area (Å²) in [5.74, 6) is 0.891. The predicted octanol–water partition coefficient (Wildman–Crippen LogP) is 2.10. The molecular formula is C17H33N3O2. The fraction of sp³-hybridized carbons (Fsp3) is 0.941. The van der Waals surface area contributed by atoms with Gasteiger partial charge in [0.15, 0.2) is 0 Å². The van der Waals surface area contributed by atoms with Crippen LogP contribution in [0.15, 0.2) is 0 Å². The van der Waals surface area contributed by atoms with Crippen molar-refractivity contribution in [1.82, 2.24) is 15.5 Å². The minimum atomic E-state index is -0.168. The number of rotatable bonds is 6. The van der Waals surface area contributed by atoms with Crippen molar-refractivity contribution in [3.8, 4) is 0 Å². The van der Waals surface area contributed by atoms with E-state index in [1.165, 1.54) is 25.9 Å². The molecule has 1 saturated carbocycles. The van der Waals surface area contributed by atoms with Crippen LogP contribution in [0, 0.1) is 5.92 Å². The number of hydrogen-bond donors (Lipinski definition) is 3. The third kappa shape index (κ3) is 6.53. The molecule has 0 bridgehead atoms. The molecule has 128 valence electrons. The average molecular weight is 311 g/mol. The fourth-order valence-electron chi connectivity index (χ4n) is 3.40. The Hall–Kier alpha value is -0.810. The number of carbonyl (C=O) groups excluding carboxylic acids is 1. The Morgan fingerprint density at radius 2 is 1.77 bits per heavy atom. The Labute approximate surface area is 134 Å². The molecule has 2 amide bonds. The number of aliphatic hydroxyl groups is 1. The van der Waals surface area contributed by atoms with Crippen LogP contribution in [-0.4, -0.2) is 54.4 Å². The number of carbonyl (C=O) groups is 1. The second-order valence-electron chi connectivity index (χ2n) is 7.14. The molecule has 2 fully saturated rings. The van der Waals surface area contributed by atoms with Crippen molar-refractivity contribution in [2.45, 2.75) is 70.4 Å². The third-order valence-corrected chi connectivity index (χ3v) is 5.09. The molecular weight excluding hydrogens is 278 g/mol. The van der Waals surface area contributed by atoms with Gasteiger partial charge in [0.05, 0.1) is 6.10 Å². The van der Waals surface area contributed by atoms with Crippen molar-refractivity contribution < 1.29 is 9.90 Å². The summed E-state index contributed by atoms with van der Waals surface area (Å²) in [5.41, 5.74) is 0. The van der Waals surface area contributed by atoms with Crippen LogP contribution in [0.25, 0.3) is 0 Å².